The van der Waals surface area contributed by atoms with Crippen molar-refractivity contribution in [1.82, 2.24) is 10.2 Å². The summed E-state index contributed by atoms with van der Waals surface area (Å²) in [4.78, 5) is 13.1. The van der Waals surface area contributed by atoms with E-state index in [4.69, 9.17) is 11.8 Å². The van der Waals surface area contributed by atoms with E-state index in [1.165, 1.54) is 0 Å². The summed E-state index contributed by atoms with van der Waals surface area (Å²) in [5, 5.41) is 2.58. The first-order valence-electron chi connectivity index (χ1n) is 2.97. The fourth-order valence-electron chi connectivity index (χ4n) is 0.375. The van der Waals surface area contributed by atoms with Gasteiger partial charge < -0.3 is 5.32 Å². The second kappa shape index (κ2) is 5.26. The molecule has 0 aromatic heterocycles. The molecule has 0 radical (unpaired) electrons. The Labute approximate surface area is 65.6 Å². The number of amides is 1. The van der Waals surface area contributed by atoms with Gasteiger partial charge in [0.25, 0.3) is 0 Å². The highest BCUT2D eigenvalue weighted by atomic mass is 35.5. The molecule has 0 spiro atoms. The van der Waals surface area contributed by atoms with Crippen molar-refractivity contribution in [2.24, 2.45) is 0 Å². The molecule has 0 fully saturated rings. The summed E-state index contributed by atoms with van der Waals surface area (Å²) in [6, 6.07) is -0.360. The second-order valence-electron chi connectivity index (χ2n) is 1.86. The zero-order valence-corrected chi connectivity index (χ0v) is 6.61. The van der Waals surface area contributed by atoms with Crippen molar-refractivity contribution in [3.05, 3.63) is 12.7 Å². The van der Waals surface area contributed by atoms with Crippen LogP contribution in [0.25, 0.3) is 0 Å². The number of carbonyl (C=O) groups excluding carboxylic acids is 1. The third kappa shape index (κ3) is 3.48. The van der Waals surface area contributed by atoms with Gasteiger partial charge in [0.15, 0.2) is 0 Å². The van der Waals surface area contributed by atoms with Gasteiger partial charge in [-0.3, -0.25) is 4.79 Å². The molecule has 0 aliphatic heterocycles. The first kappa shape index (κ1) is 9.46. The largest absolute Gasteiger partial charge is 0.351 e. The normalized spacial score (nSPS) is 12.2. The van der Waals surface area contributed by atoms with E-state index >= 15 is 0 Å². The van der Waals surface area contributed by atoms with E-state index in [-0.39, 0.29) is 11.9 Å². The van der Waals surface area contributed by atoms with Gasteiger partial charge in [0, 0.05) is 6.54 Å². The van der Waals surface area contributed by atoms with Gasteiger partial charge in [0.1, 0.15) is 0 Å². The SMILES string of the molecule is C=CCNC(=O)[C@H](C)NCl. The van der Waals surface area contributed by atoms with Crippen LogP contribution in [0, 0.1) is 0 Å². The maximum absolute atomic E-state index is 10.8. The molecule has 2 N–H and O–H groups in total. The van der Waals surface area contributed by atoms with Crippen LogP contribution < -0.4 is 10.2 Å². The van der Waals surface area contributed by atoms with Gasteiger partial charge in [-0.05, 0) is 18.7 Å². The van der Waals surface area contributed by atoms with E-state index in [1.807, 2.05) is 0 Å². The summed E-state index contributed by atoms with van der Waals surface area (Å²) in [5.74, 6) is -0.130. The van der Waals surface area contributed by atoms with Gasteiger partial charge in [-0.2, -0.15) is 0 Å². The Morgan fingerprint density at radius 3 is 2.90 bits per heavy atom. The van der Waals surface area contributed by atoms with E-state index < -0.39 is 0 Å². The molecule has 0 saturated carbocycles. The number of halogens is 1. The molecule has 10 heavy (non-hydrogen) atoms. The summed E-state index contributed by atoms with van der Waals surface area (Å²) in [7, 11) is 0. The third-order valence-electron chi connectivity index (χ3n) is 0.978. The highest BCUT2D eigenvalue weighted by Gasteiger charge is 2.08. The minimum atomic E-state index is -0.360. The fourth-order valence-corrected chi connectivity index (χ4v) is 0.475. The van der Waals surface area contributed by atoms with Crippen molar-refractivity contribution in [3.63, 3.8) is 0 Å². The van der Waals surface area contributed by atoms with Gasteiger partial charge in [0.2, 0.25) is 5.91 Å². The van der Waals surface area contributed by atoms with Crippen LogP contribution in [0.2, 0.25) is 0 Å². The van der Waals surface area contributed by atoms with Crippen LogP contribution in [0.4, 0.5) is 0 Å². The van der Waals surface area contributed by atoms with E-state index in [9.17, 15) is 4.79 Å². The van der Waals surface area contributed by atoms with E-state index in [0.717, 1.165) is 0 Å². The van der Waals surface area contributed by atoms with Gasteiger partial charge >= 0.3 is 0 Å². The molecule has 0 rings (SSSR count). The van der Waals surface area contributed by atoms with E-state index in [2.05, 4.69) is 16.7 Å². The molecule has 0 aliphatic carbocycles. The van der Waals surface area contributed by atoms with E-state index in [0.29, 0.717) is 6.54 Å². The van der Waals surface area contributed by atoms with Gasteiger partial charge in [-0.15, -0.1) is 6.58 Å². The highest BCUT2D eigenvalue weighted by molar-refractivity contribution is 6.15. The van der Waals surface area contributed by atoms with Crippen molar-refractivity contribution >= 4 is 17.7 Å². The van der Waals surface area contributed by atoms with Crippen molar-refractivity contribution in [1.29, 1.82) is 0 Å². The molecule has 1 atom stereocenters. The third-order valence-corrected chi connectivity index (χ3v) is 1.30. The second-order valence-corrected chi connectivity index (χ2v) is 2.08. The lowest BCUT2D eigenvalue weighted by molar-refractivity contribution is -0.122. The monoisotopic (exact) mass is 162 g/mol. The number of hydrogen-bond acceptors (Lipinski definition) is 2. The lowest BCUT2D eigenvalue weighted by Crippen LogP contribution is -2.38. The van der Waals surface area contributed by atoms with Crippen LogP contribution in [0.1, 0.15) is 6.92 Å². The Bertz CT molecular complexity index is 127. The summed E-state index contributed by atoms with van der Waals surface area (Å²) in [6.07, 6.45) is 1.61. The molecule has 0 aliphatic rings. The quantitative estimate of drug-likeness (QED) is 0.465. The molecule has 4 heteroatoms. The van der Waals surface area contributed by atoms with Crippen LogP contribution in [0.3, 0.4) is 0 Å². The Morgan fingerprint density at radius 1 is 1.90 bits per heavy atom. The molecule has 0 bridgehead atoms. The van der Waals surface area contributed by atoms with Gasteiger partial charge in [0.05, 0.1) is 6.04 Å². The Balaban J connectivity index is 3.51. The van der Waals surface area contributed by atoms with Crippen LogP contribution in [0.5, 0.6) is 0 Å². The first-order chi connectivity index (χ1) is 4.72. The Hall–Kier alpha value is -0.540. The summed E-state index contributed by atoms with van der Waals surface area (Å²) in [5.41, 5.74) is 0. The number of carbonyl (C=O) groups is 1. The van der Waals surface area contributed by atoms with Crippen LogP contribution in [-0.4, -0.2) is 18.5 Å². The molecule has 0 saturated heterocycles. The minimum absolute atomic E-state index is 0.130. The molecular formula is C6H11ClN2O. The van der Waals surface area contributed by atoms with Crippen molar-refractivity contribution in [3.8, 4) is 0 Å². The van der Waals surface area contributed by atoms with Crippen LogP contribution in [0.15, 0.2) is 12.7 Å². The smallest absolute Gasteiger partial charge is 0.238 e. The number of nitrogens with one attached hydrogen (secondary N) is 2. The van der Waals surface area contributed by atoms with E-state index in [1.54, 1.807) is 13.0 Å². The average molecular weight is 163 g/mol. The lowest BCUT2D eigenvalue weighted by atomic mass is 10.3. The first-order valence-corrected chi connectivity index (χ1v) is 3.35. The average Bonchev–Trinajstić information content (AvgIpc) is 1.98. The Kier molecular flexibility index (Phi) is 4.98. The lowest BCUT2D eigenvalue weighted by Gasteiger charge is -2.06. The molecule has 0 unspecified atom stereocenters. The fraction of sp³-hybridized carbons (Fsp3) is 0.500. The van der Waals surface area contributed by atoms with Gasteiger partial charge in [-0.1, -0.05) is 6.08 Å². The number of rotatable bonds is 4. The summed E-state index contributed by atoms with van der Waals surface area (Å²) < 4.78 is 0. The van der Waals surface area contributed by atoms with Gasteiger partial charge in [-0.25, -0.2) is 4.84 Å². The minimum Gasteiger partial charge on any atom is -0.351 e. The molecule has 1 amide bonds. The topological polar surface area (TPSA) is 41.1 Å². The van der Waals surface area contributed by atoms with Crippen molar-refractivity contribution in [2.75, 3.05) is 6.54 Å². The van der Waals surface area contributed by atoms with Crippen LogP contribution in [-0.2, 0) is 4.79 Å². The molecule has 0 aromatic rings. The molecule has 0 aromatic carbocycles. The molecule has 0 heterocycles. The maximum Gasteiger partial charge on any atom is 0.238 e. The standard InChI is InChI=1S/C6H11ClN2O/c1-3-4-8-6(10)5(2)9-7/h3,5,9H,1,4H2,2H3,(H,8,10)/t5-/m0/s1. The van der Waals surface area contributed by atoms with Crippen molar-refractivity contribution in [2.45, 2.75) is 13.0 Å². The van der Waals surface area contributed by atoms with Crippen LogP contribution >= 0.6 is 11.8 Å². The predicted molar refractivity (Wildman–Crippen MR) is 41.7 cm³/mol. The predicted octanol–water partition coefficient (Wildman–Crippen LogP) is 0.420. The zero-order valence-electron chi connectivity index (χ0n) is 5.86. The van der Waals surface area contributed by atoms with Crippen molar-refractivity contribution < 1.29 is 4.79 Å². The highest BCUT2D eigenvalue weighted by Crippen LogP contribution is 1.81. The molecular weight excluding hydrogens is 152 g/mol. The molecule has 3 nitrogen and oxygen atoms in total. The number of hydrogen-bond donors (Lipinski definition) is 2. The zero-order chi connectivity index (χ0) is 7.98. The summed E-state index contributed by atoms with van der Waals surface area (Å²) in [6.45, 7) is 5.60. The maximum atomic E-state index is 10.8. The Morgan fingerprint density at radius 2 is 2.50 bits per heavy atom. The molecule has 58 valence electrons. The summed E-state index contributed by atoms with van der Waals surface area (Å²) >= 11 is 5.19.